The molecule has 0 aliphatic rings. The number of carbonyl (C=O) groups excluding carboxylic acids is 1. The average molecular weight is 455 g/mol. The first kappa shape index (κ1) is 23.6. The van der Waals surface area contributed by atoms with Gasteiger partial charge in [0.1, 0.15) is 6.54 Å². The quantitative estimate of drug-likeness (QED) is 0.519. The Morgan fingerprint density at radius 2 is 1.93 bits per heavy atom. The summed E-state index contributed by atoms with van der Waals surface area (Å²) >= 11 is 7.75. The van der Waals surface area contributed by atoms with E-state index in [1.165, 1.54) is 9.87 Å². The zero-order valence-corrected chi connectivity index (χ0v) is 19.1. The van der Waals surface area contributed by atoms with Crippen molar-refractivity contribution < 1.29 is 13.2 Å². The lowest BCUT2D eigenvalue weighted by molar-refractivity contribution is -0.119. The van der Waals surface area contributed by atoms with Gasteiger partial charge in [0.05, 0.1) is 11.9 Å². The molecule has 1 N–H and O–H groups in total. The van der Waals surface area contributed by atoms with Crippen LogP contribution in [0.25, 0.3) is 0 Å². The summed E-state index contributed by atoms with van der Waals surface area (Å²) in [4.78, 5) is 12.3. The van der Waals surface area contributed by atoms with Crippen molar-refractivity contribution in [2.75, 3.05) is 29.4 Å². The molecule has 158 valence electrons. The van der Waals surface area contributed by atoms with Crippen molar-refractivity contribution in [3.8, 4) is 0 Å². The van der Waals surface area contributed by atoms with Gasteiger partial charge in [0, 0.05) is 17.3 Å². The lowest BCUT2D eigenvalue weighted by Crippen LogP contribution is -2.41. The number of anilines is 1. The van der Waals surface area contributed by atoms with E-state index in [-0.39, 0.29) is 12.5 Å². The number of hydrogen-bond donors (Lipinski definition) is 1. The van der Waals surface area contributed by atoms with E-state index in [1.54, 1.807) is 23.9 Å². The van der Waals surface area contributed by atoms with Crippen LogP contribution in [0.3, 0.4) is 0 Å². The van der Waals surface area contributed by atoms with Gasteiger partial charge < -0.3 is 5.32 Å². The van der Waals surface area contributed by atoms with Crippen LogP contribution in [0.1, 0.15) is 24.5 Å². The van der Waals surface area contributed by atoms with Gasteiger partial charge >= 0.3 is 0 Å². The molecule has 0 spiro atoms. The standard InChI is InChI=1S/C21H27ClN2O3S2/c1-3-18-9-4-5-11-20(18)24(29(2,26)27)15-21(25)23-12-7-13-28-16-17-8-6-10-19(22)14-17/h4-6,8-11,14H,3,7,12-13,15-16H2,1-2H3,(H,23,25). The lowest BCUT2D eigenvalue weighted by atomic mass is 10.1. The zero-order valence-electron chi connectivity index (χ0n) is 16.7. The van der Waals surface area contributed by atoms with Crippen LogP contribution in [0.2, 0.25) is 5.02 Å². The molecule has 8 heteroatoms. The summed E-state index contributed by atoms with van der Waals surface area (Å²) in [5, 5.41) is 3.55. The molecule has 0 saturated heterocycles. The molecule has 0 aromatic heterocycles. The molecule has 0 saturated carbocycles. The number of aryl methyl sites for hydroxylation is 1. The smallest absolute Gasteiger partial charge is 0.240 e. The Morgan fingerprint density at radius 1 is 1.17 bits per heavy atom. The van der Waals surface area contributed by atoms with Gasteiger partial charge in [-0.2, -0.15) is 11.8 Å². The monoisotopic (exact) mass is 454 g/mol. The van der Waals surface area contributed by atoms with Gasteiger partial charge in [-0.1, -0.05) is 48.9 Å². The highest BCUT2D eigenvalue weighted by molar-refractivity contribution is 7.98. The average Bonchev–Trinajstić information content (AvgIpc) is 2.68. The summed E-state index contributed by atoms with van der Waals surface area (Å²) in [6, 6.07) is 15.0. The van der Waals surface area contributed by atoms with Crippen molar-refractivity contribution >= 4 is 45.0 Å². The number of rotatable bonds is 11. The summed E-state index contributed by atoms with van der Waals surface area (Å²) in [6.07, 6.45) is 2.62. The maximum Gasteiger partial charge on any atom is 0.240 e. The molecular weight excluding hydrogens is 428 g/mol. The fourth-order valence-electron chi connectivity index (χ4n) is 2.84. The number of nitrogens with one attached hydrogen (secondary N) is 1. The van der Waals surface area contributed by atoms with Crippen molar-refractivity contribution in [2.45, 2.75) is 25.5 Å². The van der Waals surface area contributed by atoms with Crippen LogP contribution in [-0.4, -0.2) is 39.4 Å². The fraction of sp³-hybridized carbons (Fsp3) is 0.381. The second-order valence-corrected chi connectivity index (χ2v) is 10.1. The minimum atomic E-state index is -3.56. The molecule has 0 atom stereocenters. The molecule has 0 aliphatic carbocycles. The van der Waals surface area contributed by atoms with E-state index in [0.717, 1.165) is 34.8 Å². The number of benzene rings is 2. The van der Waals surface area contributed by atoms with E-state index < -0.39 is 10.0 Å². The summed E-state index contributed by atoms with van der Waals surface area (Å²) in [5.41, 5.74) is 2.62. The molecule has 0 bridgehead atoms. The van der Waals surface area contributed by atoms with Crippen LogP contribution in [0.5, 0.6) is 0 Å². The predicted molar refractivity (Wildman–Crippen MR) is 123 cm³/mol. The highest BCUT2D eigenvalue weighted by Crippen LogP contribution is 2.23. The summed E-state index contributed by atoms with van der Waals surface area (Å²) in [6.45, 7) is 2.25. The van der Waals surface area contributed by atoms with Crippen molar-refractivity contribution in [3.05, 3.63) is 64.7 Å². The molecule has 2 aromatic rings. The topological polar surface area (TPSA) is 66.5 Å². The third-order valence-corrected chi connectivity index (χ3v) is 6.75. The van der Waals surface area contributed by atoms with Crippen molar-refractivity contribution in [2.24, 2.45) is 0 Å². The number of hydrogen-bond acceptors (Lipinski definition) is 4. The fourth-order valence-corrected chi connectivity index (χ4v) is 4.85. The number of thioether (sulfide) groups is 1. The maximum atomic E-state index is 12.3. The van der Waals surface area contributed by atoms with Gasteiger partial charge in [0.25, 0.3) is 0 Å². The summed E-state index contributed by atoms with van der Waals surface area (Å²) < 4.78 is 25.7. The van der Waals surface area contributed by atoms with Gasteiger partial charge in [-0.15, -0.1) is 0 Å². The van der Waals surface area contributed by atoms with E-state index in [9.17, 15) is 13.2 Å². The van der Waals surface area contributed by atoms with Crippen molar-refractivity contribution in [3.63, 3.8) is 0 Å². The van der Waals surface area contributed by atoms with Crippen LogP contribution in [0.15, 0.2) is 48.5 Å². The van der Waals surface area contributed by atoms with Gasteiger partial charge in [-0.3, -0.25) is 9.10 Å². The molecule has 1 amide bonds. The highest BCUT2D eigenvalue weighted by atomic mass is 35.5. The molecule has 0 fully saturated rings. The normalized spacial score (nSPS) is 11.3. The van der Waals surface area contributed by atoms with E-state index in [4.69, 9.17) is 11.6 Å². The number of halogens is 1. The molecule has 0 heterocycles. The van der Waals surface area contributed by atoms with Crippen LogP contribution >= 0.6 is 23.4 Å². The van der Waals surface area contributed by atoms with E-state index in [0.29, 0.717) is 18.7 Å². The Bertz CT molecular complexity index is 920. The Hall–Kier alpha value is -1.70. The van der Waals surface area contributed by atoms with Gasteiger partial charge in [0.2, 0.25) is 15.9 Å². The maximum absolute atomic E-state index is 12.3. The second-order valence-electron chi connectivity index (χ2n) is 6.64. The minimum Gasteiger partial charge on any atom is -0.354 e. The minimum absolute atomic E-state index is 0.217. The first-order valence-electron chi connectivity index (χ1n) is 9.45. The first-order valence-corrected chi connectivity index (χ1v) is 12.8. The molecule has 0 radical (unpaired) electrons. The first-order chi connectivity index (χ1) is 13.8. The number of carbonyl (C=O) groups is 1. The number of sulfonamides is 1. The Morgan fingerprint density at radius 3 is 2.62 bits per heavy atom. The van der Waals surface area contributed by atoms with E-state index in [2.05, 4.69) is 5.32 Å². The van der Waals surface area contributed by atoms with E-state index >= 15 is 0 Å². The predicted octanol–water partition coefficient (Wildman–Crippen LogP) is 4.11. The number of nitrogens with zero attached hydrogens (tertiary/aromatic N) is 1. The van der Waals surface area contributed by atoms with Crippen LogP contribution < -0.4 is 9.62 Å². The third-order valence-electron chi connectivity index (χ3n) is 4.27. The molecule has 5 nitrogen and oxygen atoms in total. The Labute approximate surface area is 182 Å². The third kappa shape index (κ3) is 7.91. The van der Waals surface area contributed by atoms with Crippen LogP contribution in [-0.2, 0) is 27.0 Å². The van der Waals surface area contributed by atoms with Crippen molar-refractivity contribution in [1.82, 2.24) is 5.32 Å². The summed E-state index contributed by atoms with van der Waals surface area (Å²) in [7, 11) is -3.56. The van der Waals surface area contributed by atoms with Gasteiger partial charge in [0.15, 0.2) is 0 Å². The number of para-hydroxylation sites is 1. The molecule has 29 heavy (non-hydrogen) atoms. The largest absolute Gasteiger partial charge is 0.354 e. The molecule has 2 aromatic carbocycles. The SMILES string of the molecule is CCc1ccccc1N(CC(=O)NCCCSCc1cccc(Cl)c1)S(C)(=O)=O. The Balaban J connectivity index is 1.80. The molecule has 0 unspecified atom stereocenters. The second kappa shape index (κ2) is 11.5. The van der Waals surface area contributed by atoms with Crippen LogP contribution in [0.4, 0.5) is 5.69 Å². The zero-order chi connectivity index (χ0) is 21.3. The van der Waals surface area contributed by atoms with Gasteiger partial charge in [-0.25, -0.2) is 8.42 Å². The van der Waals surface area contributed by atoms with E-state index in [1.807, 2.05) is 43.3 Å². The molecule has 0 aliphatic heterocycles. The van der Waals surface area contributed by atoms with Crippen LogP contribution in [0, 0.1) is 0 Å². The summed E-state index contributed by atoms with van der Waals surface area (Å²) in [5.74, 6) is 1.45. The van der Waals surface area contributed by atoms with Crippen molar-refractivity contribution in [1.29, 1.82) is 0 Å². The Kier molecular flexibility index (Phi) is 9.33. The lowest BCUT2D eigenvalue weighted by Gasteiger charge is -2.24. The number of amides is 1. The molecule has 2 rings (SSSR count). The molecular formula is C21H27ClN2O3S2. The highest BCUT2D eigenvalue weighted by Gasteiger charge is 2.22. The van der Waals surface area contributed by atoms with Gasteiger partial charge in [-0.05, 0) is 47.9 Å².